The highest BCUT2D eigenvalue weighted by atomic mass is 32.1. The lowest BCUT2D eigenvalue weighted by atomic mass is 10.1. The van der Waals surface area contributed by atoms with Crippen molar-refractivity contribution in [3.8, 4) is 0 Å². The molecule has 1 aliphatic heterocycles. The first-order valence-electron chi connectivity index (χ1n) is 5.73. The van der Waals surface area contributed by atoms with Crippen molar-refractivity contribution in [1.29, 1.82) is 0 Å². The van der Waals surface area contributed by atoms with Crippen LogP contribution in [0.15, 0.2) is 0 Å². The zero-order chi connectivity index (χ0) is 11.3. The third kappa shape index (κ3) is 4.03. The predicted octanol–water partition coefficient (Wildman–Crippen LogP) is 1.72. The molecule has 0 bridgehead atoms. The monoisotopic (exact) mass is 231 g/mol. The molecule has 88 valence electrons. The molecule has 3 nitrogen and oxygen atoms in total. The van der Waals surface area contributed by atoms with E-state index in [2.05, 4.69) is 19.6 Å². The summed E-state index contributed by atoms with van der Waals surface area (Å²) in [6.45, 7) is 6.31. The molecule has 0 N–H and O–H groups in total. The van der Waals surface area contributed by atoms with Crippen LogP contribution in [0.1, 0.15) is 33.1 Å². The number of carbonyl (C=O) groups is 1. The quantitative estimate of drug-likeness (QED) is 0.747. The maximum Gasteiger partial charge on any atom is 0.235 e. The largest absolute Gasteiger partial charge is 0.376 e. The van der Waals surface area contributed by atoms with E-state index in [9.17, 15) is 4.79 Å². The van der Waals surface area contributed by atoms with Crippen molar-refractivity contribution >= 4 is 18.5 Å². The van der Waals surface area contributed by atoms with Crippen LogP contribution in [0.25, 0.3) is 0 Å². The van der Waals surface area contributed by atoms with Gasteiger partial charge in [0.1, 0.15) is 0 Å². The van der Waals surface area contributed by atoms with Crippen molar-refractivity contribution in [2.75, 3.05) is 19.7 Å². The Morgan fingerprint density at radius 3 is 3.00 bits per heavy atom. The van der Waals surface area contributed by atoms with Crippen molar-refractivity contribution in [2.24, 2.45) is 0 Å². The molecule has 2 atom stereocenters. The number of carbonyl (C=O) groups excluding carboxylic acids is 1. The maximum atomic E-state index is 11.7. The van der Waals surface area contributed by atoms with E-state index in [0.29, 0.717) is 0 Å². The van der Waals surface area contributed by atoms with E-state index in [4.69, 9.17) is 4.74 Å². The maximum absolute atomic E-state index is 11.7. The smallest absolute Gasteiger partial charge is 0.235 e. The first kappa shape index (κ1) is 12.8. The highest BCUT2D eigenvalue weighted by Crippen LogP contribution is 2.15. The minimum Gasteiger partial charge on any atom is -0.376 e. The number of piperidine rings is 1. The molecule has 0 aromatic heterocycles. The van der Waals surface area contributed by atoms with E-state index < -0.39 is 0 Å². The number of likely N-dealkylation sites (tertiary alicyclic amines) is 1. The van der Waals surface area contributed by atoms with Gasteiger partial charge in [0.2, 0.25) is 5.91 Å². The Kier molecular flexibility index (Phi) is 5.47. The molecule has 1 amide bonds. The van der Waals surface area contributed by atoms with Crippen LogP contribution in [0.5, 0.6) is 0 Å². The van der Waals surface area contributed by atoms with Crippen molar-refractivity contribution in [3.63, 3.8) is 0 Å². The molecule has 0 spiro atoms. The standard InChI is InChI=1S/C11H21NO2S/c1-3-7-14-10-5-4-6-12(8-10)11(13)9(2)15/h9-10,15H,3-8H2,1-2H3. The molecule has 15 heavy (non-hydrogen) atoms. The van der Waals surface area contributed by atoms with Crippen LogP contribution in [0, 0.1) is 0 Å². The second-order valence-electron chi connectivity index (χ2n) is 4.10. The zero-order valence-electron chi connectivity index (χ0n) is 9.61. The highest BCUT2D eigenvalue weighted by Gasteiger charge is 2.25. The van der Waals surface area contributed by atoms with Gasteiger partial charge >= 0.3 is 0 Å². The van der Waals surface area contributed by atoms with Gasteiger partial charge in [-0.15, -0.1) is 0 Å². The number of nitrogens with zero attached hydrogens (tertiary/aromatic N) is 1. The summed E-state index contributed by atoms with van der Waals surface area (Å²) in [7, 11) is 0. The fraction of sp³-hybridized carbons (Fsp3) is 0.909. The summed E-state index contributed by atoms with van der Waals surface area (Å²) in [6.07, 6.45) is 3.38. The van der Waals surface area contributed by atoms with Gasteiger partial charge in [0.15, 0.2) is 0 Å². The van der Waals surface area contributed by atoms with Crippen molar-refractivity contribution in [2.45, 2.75) is 44.5 Å². The molecule has 1 aliphatic rings. The van der Waals surface area contributed by atoms with Gasteiger partial charge in [-0.1, -0.05) is 6.92 Å². The second-order valence-corrected chi connectivity index (χ2v) is 4.87. The summed E-state index contributed by atoms with van der Waals surface area (Å²) in [6, 6.07) is 0. The van der Waals surface area contributed by atoms with Gasteiger partial charge in [-0.25, -0.2) is 0 Å². The zero-order valence-corrected chi connectivity index (χ0v) is 10.5. The molecule has 1 fully saturated rings. The summed E-state index contributed by atoms with van der Waals surface area (Å²) >= 11 is 4.17. The SMILES string of the molecule is CCCOC1CCCN(C(=O)C(C)S)C1. The third-order valence-electron chi connectivity index (χ3n) is 2.60. The van der Waals surface area contributed by atoms with E-state index in [-0.39, 0.29) is 17.3 Å². The summed E-state index contributed by atoms with van der Waals surface area (Å²) in [5, 5.41) is -0.199. The normalized spacial score (nSPS) is 23.9. The van der Waals surface area contributed by atoms with Crippen LogP contribution in [-0.4, -0.2) is 41.9 Å². The molecular weight excluding hydrogens is 210 g/mol. The van der Waals surface area contributed by atoms with Gasteiger partial charge < -0.3 is 9.64 Å². The number of hydrogen-bond donors (Lipinski definition) is 1. The topological polar surface area (TPSA) is 29.5 Å². The molecule has 0 radical (unpaired) electrons. The van der Waals surface area contributed by atoms with Gasteiger partial charge in [-0.3, -0.25) is 4.79 Å². The molecule has 0 aromatic carbocycles. The van der Waals surface area contributed by atoms with Crippen molar-refractivity contribution in [3.05, 3.63) is 0 Å². The molecule has 1 rings (SSSR count). The first-order chi connectivity index (χ1) is 7.15. The molecule has 1 saturated heterocycles. The van der Waals surface area contributed by atoms with E-state index in [1.165, 1.54) is 0 Å². The summed E-state index contributed by atoms with van der Waals surface area (Å²) < 4.78 is 5.67. The van der Waals surface area contributed by atoms with E-state index in [1.807, 2.05) is 11.8 Å². The third-order valence-corrected chi connectivity index (χ3v) is 2.83. The van der Waals surface area contributed by atoms with Crippen LogP contribution >= 0.6 is 12.6 Å². The summed E-state index contributed by atoms with van der Waals surface area (Å²) in [4.78, 5) is 13.6. The number of amides is 1. The Morgan fingerprint density at radius 1 is 1.67 bits per heavy atom. The van der Waals surface area contributed by atoms with Crippen molar-refractivity contribution < 1.29 is 9.53 Å². The average molecular weight is 231 g/mol. The van der Waals surface area contributed by atoms with Gasteiger partial charge in [-0.2, -0.15) is 12.6 Å². The number of rotatable bonds is 4. The average Bonchev–Trinajstić information content (AvgIpc) is 2.25. The molecule has 0 aliphatic carbocycles. The Labute approximate surface area is 97.6 Å². The van der Waals surface area contributed by atoms with Crippen LogP contribution < -0.4 is 0 Å². The summed E-state index contributed by atoms with van der Waals surface area (Å²) in [5.74, 6) is 0.128. The van der Waals surface area contributed by atoms with Gasteiger partial charge in [0, 0.05) is 19.7 Å². The van der Waals surface area contributed by atoms with Gasteiger partial charge in [0.25, 0.3) is 0 Å². The van der Waals surface area contributed by atoms with Crippen LogP contribution in [0.4, 0.5) is 0 Å². The summed E-state index contributed by atoms with van der Waals surface area (Å²) in [5.41, 5.74) is 0. The Balaban J connectivity index is 2.38. The fourth-order valence-corrected chi connectivity index (χ4v) is 1.99. The number of thiol groups is 1. The predicted molar refractivity (Wildman–Crippen MR) is 64.3 cm³/mol. The molecule has 1 heterocycles. The second kappa shape index (κ2) is 6.38. The lowest BCUT2D eigenvalue weighted by Crippen LogP contribution is -2.45. The minimum absolute atomic E-state index is 0.128. The Hall–Kier alpha value is -0.220. The van der Waals surface area contributed by atoms with Crippen LogP contribution in [-0.2, 0) is 9.53 Å². The first-order valence-corrected chi connectivity index (χ1v) is 6.25. The minimum atomic E-state index is -0.199. The Bertz CT molecular complexity index is 209. The Morgan fingerprint density at radius 2 is 2.40 bits per heavy atom. The molecule has 0 aromatic rings. The van der Waals surface area contributed by atoms with Gasteiger partial charge in [-0.05, 0) is 26.2 Å². The molecular formula is C11H21NO2S. The molecule has 2 unspecified atom stereocenters. The highest BCUT2D eigenvalue weighted by molar-refractivity contribution is 7.81. The van der Waals surface area contributed by atoms with E-state index in [0.717, 1.165) is 39.0 Å². The lowest BCUT2D eigenvalue weighted by Gasteiger charge is -2.33. The number of ether oxygens (including phenoxy) is 1. The molecule has 0 saturated carbocycles. The van der Waals surface area contributed by atoms with Crippen molar-refractivity contribution in [1.82, 2.24) is 4.90 Å². The van der Waals surface area contributed by atoms with Crippen LogP contribution in [0.3, 0.4) is 0 Å². The van der Waals surface area contributed by atoms with Gasteiger partial charge in [0.05, 0.1) is 11.4 Å². The number of hydrogen-bond acceptors (Lipinski definition) is 3. The lowest BCUT2D eigenvalue weighted by molar-refractivity contribution is -0.134. The van der Waals surface area contributed by atoms with Crippen LogP contribution in [0.2, 0.25) is 0 Å². The van der Waals surface area contributed by atoms with E-state index >= 15 is 0 Å². The fourth-order valence-electron chi connectivity index (χ4n) is 1.82. The molecule has 4 heteroatoms. The van der Waals surface area contributed by atoms with E-state index in [1.54, 1.807) is 0 Å².